The molecule has 0 aliphatic carbocycles. The van der Waals surface area contributed by atoms with E-state index in [0.29, 0.717) is 32.3 Å². The number of carbonyl (C=O) groups excluding carboxylic acids is 2. The molecule has 0 saturated heterocycles. The Kier molecular flexibility index (Phi) is 13.2. The first-order valence-electron chi connectivity index (χ1n) is 8.49. The van der Waals surface area contributed by atoms with Crippen LogP contribution in [0, 0.1) is 0 Å². The van der Waals surface area contributed by atoms with Crippen LogP contribution in [0.4, 0.5) is 0 Å². The molecule has 0 saturated carbocycles. The van der Waals surface area contributed by atoms with Crippen LogP contribution in [0.15, 0.2) is 0 Å². The van der Waals surface area contributed by atoms with Gasteiger partial charge in [-0.25, -0.2) is 0 Å². The molecule has 21 heavy (non-hydrogen) atoms. The average molecular weight is 300 g/mol. The second-order valence-corrected chi connectivity index (χ2v) is 5.47. The van der Waals surface area contributed by atoms with Crippen molar-refractivity contribution in [3.8, 4) is 0 Å². The minimum Gasteiger partial charge on any atom is -0.466 e. The van der Waals surface area contributed by atoms with Crippen LogP contribution in [-0.4, -0.2) is 24.6 Å². The number of carbonyl (C=O) groups is 2. The summed E-state index contributed by atoms with van der Waals surface area (Å²) < 4.78 is 10.5. The van der Waals surface area contributed by atoms with Gasteiger partial charge in [-0.1, -0.05) is 40.0 Å². The van der Waals surface area contributed by atoms with Crippen molar-refractivity contribution in [2.45, 2.75) is 91.1 Å². The van der Waals surface area contributed by atoms with Gasteiger partial charge in [0, 0.05) is 12.8 Å². The Bertz CT molecular complexity index is 270. The maximum atomic E-state index is 11.7. The first-order valence-corrected chi connectivity index (χ1v) is 8.49. The van der Waals surface area contributed by atoms with Crippen molar-refractivity contribution in [2.24, 2.45) is 0 Å². The summed E-state index contributed by atoms with van der Waals surface area (Å²) >= 11 is 0. The summed E-state index contributed by atoms with van der Waals surface area (Å²) in [5.41, 5.74) is 0. The van der Waals surface area contributed by atoms with Gasteiger partial charge in [0.2, 0.25) is 0 Å². The third-order valence-corrected chi connectivity index (χ3v) is 3.29. The van der Waals surface area contributed by atoms with E-state index in [0.717, 1.165) is 38.5 Å². The van der Waals surface area contributed by atoms with Crippen molar-refractivity contribution in [1.29, 1.82) is 0 Å². The largest absolute Gasteiger partial charge is 0.466 e. The number of esters is 2. The van der Waals surface area contributed by atoms with Gasteiger partial charge in [0.05, 0.1) is 6.61 Å². The lowest BCUT2D eigenvalue weighted by Crippen LogP contribution is -2.17. The van der Waals surface area contributed by atoms with Crippen LogP contribution in [-0.2, 0) is 19.1 Å². The molecule has 0 spiro atoms. The van der Waals surface area contributed by atoms with Crippen LogP contribution >= 0.6 is 0 Å². The molecule has 0 aromatic heterocycles. The monoisotopic (exact) mass is 300 g/mol. The van der Waals surface area contributed by atoms with Gasteiger partial charge in [0.25, 0.3) is 0 Å². The predicted octanol–water partition coefficient (Wildman–Crippen LogP) is 4.40. The SMILES string of the molecule is CCCCOC(=O)CCCCC(=O)OC(CCC)CCC. The molecule has 0 rings (SSSR count). The highest BCUT2D eigenvalue weighted by Crippen LogP contribution is 2.12. The number of ether oxygens (including phenoxy) is 2. The van der Waals surface area contributed by atoms with Crippen molar-refractivity contribution >= 4 is 11.9 Å². The van der Waals surface area contributed by atoms with Crippen molar-refractivity contribution in [3.05, 3.63) is 0 Å². The standard InChI is InChI=1S/C17H32O4/c1-4-7-14-20-16(18)12-8-9-13-17(19)21-15(10-5-2)11-6-3/h15H,4-14H2,1-3H3. The fraction of sp³-hybridized carbons (Fsp3) is 0.882. The highest BCUT2D eigenvalue weighted by atomic mass is 16.5. The molecule has 0 amide bonds. The Hall–Kier alpha value is -1.06. The zero-order valence-electron chi connectivity index (χ0n) is 14.0. The van der Waals surface area contributed by atoms with Crippen LogP contribution in [0.1, 0.15) is 85.0 Å². The smallest absolute Gasteiger partial charge is 0.306 e. The summed E-state index contributed by atoms with van der Waals surface area (Å²) in [5, 5.41) is 0. The molecule has 0 bridgehead atoms. The Morgan fingerprint density at radius 2 is 1.38 bits per heavy atom. The number of hydrogen-bond acceptors (Lipinski definition) is 4. The van der Waals surface area contributed by atoms with Gasteiger partial charge in [-0.15, -0.1) is 0 Å². The summed E-state index contributed by atoms with van der Waals surface area (Å²) in [6.07, 6.45) is 8.08. The van der Waals surface area contributed by atoms with Crippen molar-refractivity contribution in [3.63, 3.8) is 0 Å². The van der Waals surface area contributed by atoms with Crippen LogP contribution < -0.4 is 0 Å². The Labute approximate surface area is 129 Å². The summed E-state index contributed by atoms with van der Waals surface area (Å²) in [7, 11) is 0. The topological polar surface area (TPSA) is 52.6 Å². The highest BCUT2D eigenvalue weighted by molar-refractivity contribution is 5.70. The number of rotatable bonds is 13. The van der Waals surface area contributed by atoms with Crippen LogP contribution in [0.25, 0.3) is 0 Å². The molecule has 4 heteroatoms. The van der Waals surface area contributed by atoms with E-state index in [9.17, 15) is 9.59 Å². The summed E-state index contributed by atoms with van der Waals surface area (Å²) in [5.74, 6) is -0.298. The summed E-state index contributed by atoms with van der Waals surface area (Å²) in [6, 6.07) is 0. The van der Waals surface area contributed by atoms with Crippen molar-refractivity contribution in [2.75, 3.05) is 6.61 Å². The first-order chi connectivity index (χ1) is 10.1. The molecule has 0 aliphatic rings. The molecule has 0 fully saturated rings. The molecule has 0 heterocycles. The van der Waals surface area contributed by atoms with Gasteiger partial charge in [0.15, 0.2) is 0 Å². The molecule has 0 radical (unpaired) electrons. The summed E-state index contributed by atoms with van der Waals surface area (Å²) in [4.78, 5) is 23.1. The van der Waals surface area contributed by atoms with Gasteiger partial charge < -0.3 is 9.47 Å². The molecular formula is C17H32O4. The van der Waals surface area contributed by atoms with Crippen molar-refractivity contribution in [1.82, 2.24) is 0 Å². The minimum absolute atomic E-state index is 0.0616. The van der Waals surface area contributed by atoms with E-state index < -0.39 is 0 Å². The maximum Gasteiger partial charge on any atom is 0.306 e. The van der Waals surface area contributed by atoms with Crippen LogP contribution in [0.3, 0.4) is 0 Å². The van der Waals surface area contributed by atoms with Gasteiger partial charge in [-0.05, 0) is 32.1 Å². The van der Waals surface area contributed by atoms with E-state index >= 15 is 0 Å². The van der Waals surface area contributed by atoms with E-state index in [1.807, 2.05) is 0 Å². The molecule has 0 aliphatic heterocycles. The Morgan fingerprint density at radius 3 is 1.90 bits per heavy atom. The molecule has 0 atom stereocenters. The molecule has 124 valence electrons. The normalized spacial score (nSPS) is 10.7. The van der Waals surface area contributed by atoms with Crippen molar-refractivity contribution < 1.29 is 19.1 Å². The van der Waals surface area contributed by atoms with Gasteiger partial charge >= 0.3 is 11.9 Å². The summed E-state index contributed by atoms with van der Waals surface area (Å²) in [6.45, 7) is 6.76. The Balaban J connectivity index is 3.66. The molecule has 0 aromatic carbocycles. The quantitative estimate of drug-likeness (QED) is 0.373. The van der Waals surface area contributed by atoms with E-state index in [2.05, 4.69) is 20.8 Å². The fourth-order valence-electron chi connectivity index (χ4n) is 2.09. The fourth-order valence-corrected chi connectivity index (χ4v) is 2.09. The lowest BCUT2D eigenvalue weighted by atomic mass is 10.1. The van der Waals surface area contributed by atoms with Gasteiger partial charge in [0.1, 0.15) is 6.10 Å². The first kappa shape index (κ1) is 19.9. The highest BCUT2D eigenvalue weighted by Gasteiger charge is 2.12. The van der Waals surface area contributed by atoms with Crippen LogP contribution in [0.5, 0.6) is 0 Å². The van der Waals surface area contributed by atoms with Crippen LogP contribution in [0.2, 0.25) is 0 Å². The van der Waals surface area contributed by atoms with E-state index in [1.165, 1.54) is 0 Å². The zero-order valence-corrected chi connectivity index (χ0v) is 14.0. The third-order valence-electron chi connectivity index (χ3n) is 3.29. The van der Waals surface area contributed by atoms with E-state index in [1.54, 1.807) is 0 Å². The molecule has 0 aromatic rings. The van der Waals surface area contributed by atoms with E-state index in [4.69, 9.17) is 9.47 Å². The zero-order chi connectivity index (χ0) is 15.9. The van der Waals surface area contributed by atoms with E-state index in [-0.39, 0.29) is 18.0 Å². The molecule has 4 nitrogen and oxygen atoms in total. The average Bonchev–Trinajstić information content (AvgIpc) is 2.44. The molecule has 0 N–H and O–H groups in total. The number of unbranched alkanes of at least 4 members (excludes halogenated alkanes) is 2. The Morgan fingerprint density at radius 1 is 0.810 bits per heavy atom. The lowest BCUT2D eigenvalue weighted by molar-refractivity contribution is -0.150. The molecule has 0 unspecified atom stereocenters. The van der Waals surface area contributed by atoms with Gasteiger partial charge in [-0.2, -0.15) is 0 Å². The minimum atomic E-state index is -0.161. The lowest BCUT2D eigenvalue weighted by Gasteiger charge is -2.16. The maximum absolute atomic E-state index is 11.7. The van der Waals surface area contributed by atoms with Gasteiger partial charge in [-0.3, -0.25) is 9.59 Å². The second kappa shape index (κ2) is 13.9. The number of hydrogen-bond donors (Lipinski definition) is 0. The molecular weight excluding hydrogens is 268 g/mol. The predicted molar refractivity (Wildman–Crippen MR) is 84.0 cm³/mol. The second-order valence-electron chi connectivity index (χ2n) is 5.47. The third kappa shape index (κ3) is 12.4.